The Balaban J connectivity index is 2.16. The molecule has 1 heterocycles. The maximum absolute atomic E-state index is 10.3. The summed E-state index contributed by atoms with van der Waals surface area (Å²) in [5.41, 5.74) is 0.210. The smallest absolute Gasteiger partial charge is 0.306 e. The molecule has 1 aliphatic rings. The van der Waals surface area contributed by atoms with Crippen LogP contribution in [-0.4, -0.2) is 48.6 Å². The maximum Gasteiger partial charge on any atom is 0.306 e. The summed E-state index contributed by atoms with van der Waals surface area (Å²) in [7, 11) is 0. The standard InChI is InChI=1S/C11H21NO4/c1-11(2-4-16-5-3-11)8-12-7-9(13)6-10(14)15/h9,12-13H,2-8H2,1H3,(H,14,15). The molecule has 0 aliphatic carbocycles. The van der Waals surface area contributed by atoms with Crippen LogP contribution in [0.15, 0.2) is 0 Å². The fourth-order valence-electron chi connectivity index (χ4n) is 1.86. The van der Waals surface area contributed by atoms with E-state index in [4.69, 9.17) is 9.84 Å². The van der Waals surface area contributed by atoms with Crippen LogP contribution in [0.5, 0.6) is 0 Å². The molecule has 1 unspecified atom stereocenters. The number of carbonyl (C=O) groups is 1. The second-order valence-electron chi connectivity index (χ2n) is 4.81. The van der Waals surface area contributed by atoms with Gasteiger partial charge in [0.1, 0.15) is 0 Å². The summed E-state index contributed by atoms with van der Waals surface area (Å²) in [6.45, 7) is 4.90. The van der Waals surface area contributed by atoms with Gasteiger partial charge in [-0.05, 0) is 18.3 Å². The van der Waals surface area contributed by atoms with E-state index in [0.29, 0.717) is 6.54 Å². The third-order valence-corrected chi connectivity index (χ3v) is 3.04. The van der Waals surface area contributed by atoms with E-state index < -0.39 is 12.1 Å². The average Bonchev–Trinajstić information content (AvgIpc) is 2.17. The number of aliphatic hydroxyl groups excluding tert-OH is 1. The van der Waals surface area contributed by atoms with Crippen LogP contribution in [0, 0.1) is 5.41 Å². The molecule has 0 saturated carbocycles. The van der Waals surface area contributed by atoms with Gasteiger partial charge in [-0.3, -0.25) is 4.79 Å². The minimum atomic E-state index is -0.966. The molecule has 16 heavy (non-hydrogen) atoms. The van der Waals surface area contributed by atoms with Gasteiger partial charge in [0.05, 0.1) is 12.5 Å². The number of aliphatic carboxylic acids is 1. The lowest BCUT2D eigenvalue weighted by molar-refractivity contribution is -0.139. The summed E-state index contributed by atoms with van der Waals surface area (Å²) in [5.74, 6) is -0.966. The highest BCUT2D eigenvalue weighted by molar-refractivity contribution is 5.67. The van der Waals surface area contributed by atoms with Gasteiger partial charge in [-0.25, -0.2) is 0 Å². The van der Waals surface area contributed by atoms with Crippen molar-refractivity contribution in [2.45, 2.75) is 32.3 Å². The van der Waals surface area contributed by atoms with Crippen molar-refractivity contribution in [3.05, 3.63) is 0 Å². The van der Waals surface area contributed by atoms with Gasteiger partial charge in [0, 0.05) is 26.3 Å². The number of aliphatic hydroxyl groups is 1. The second-order valence-corrected chi connectivity index (χ2v) is 4.81. The highest BCUT2D eigenvalue weighted by Gasteiger charge is 2.26. The van der Waals surface area contributed by atoms with Crippen molar-refractivity contribution in [2.75, 3.05) is 26.3 Å². The Morgan fingerprint density at radius 1 is 1.50 bits per heavy atom. The predicted molar refractivity (Wildman–Crippen MR) is 59.3 cm³/mol. The highest BCUT2D eigenvalue weighted by atomic mass is 16.5. The molecule has 1 rings (SSSR count). The maximum atomic E-state index is 10.3. The van der Waals surface area contributed by atoms with Gasteiger partial charge in [-0.1, -0.05) is 6.92 Å². The molecule has 1 saturated heterocycles. The summed E-state index contributed by atoms with van der Waals surface area (Å²) < 4.78 is 5.29. The summed E-state index contributed by atoms with van der Waals surface area (Å²) in [6, 6.07) is 0. The molecule has 1 fully saturated rings. The fourth-order valence-corrected chi connectivity index (χ4v) is 1.86. The van der Waals surface area contributed by atoms with E-state index in [1.54, 1.807) is 0 Å². The molecule has 0 radical (unpaired) electrons. The van der Waals surface area contributed by atoms with E-state index in [-0.39, 0.29) is 11.8 Å². The van der Waals surface area contributed by atoms with Gasteiger partial charge in [0.15, 0.2) is 0 Å². The van der Waals surface area contributed by atoms with Gasteiger partial charge in [-0.2, -0.15) is 0 Å². The quantitative estimate of drug-likeness (QED) is 0.610. The normalized spacial score (nSPS) is 21.6. The number of hydrogen-bond acceptors (Lipinski definition) is 4. The number of ether oxygens (including phenoxy) is 1. The monoisotopic (exact) mass is 231 g/mol. The third-order valence-electron chi connectivity index (χ3n) is 3.04. The molecule has 0 amide bonds. The van der Waals surface area contributed by atoms with Crippen LogP contribution in [0.2, 0.25) is 0 Å². The molecule has 0 aromatic carbocycles. The molecule has 94 valence electrons. The van der Waals surface area contributed by atoms with Crippen molar-refractivity contribution in [3.63, 3.8) is 0 Å². The largest absolute Gasteiger partial charge is 0.481 e. The van der Waals surface area contributed by atoms with Crippen LogP contribution in [0.1, 0.15) is 26.2 Å². The number of rotatable bonds is 6. The summed E-state index contributed by atoms with van der Waals surface area (Å²) in [6.07, 6.45) is 1.01. The topological polar surface area (TPSA) is 78.8 Å². The lowest BCUT2D eigenvalue weighted by atomic mass is 9.82. The molecule has 3 N–H and O–H groups in total. The van der Waals surface area contributed by atoms with Crippen LogP contribution in [0.3, 0.4) is 0 Å². The Morgan fingerprint density at radius 3 is 2.69 bits per heavy atom. The molecule has 0 bridgehead atoms. The van der Waals surface area contributed by atoms with E-state index in [2.05, 4.69) is 12.2 Å². The first-order chi connectivity index (χ1) is 7.52. The van der Waals surface area contributed by atoms with E-state index in [1.165, 1.54) is 0 Å². The van der Waals surface area contributed by atoms with Crippen LogP contribution in [0.4, 0.5) is 0 Å². The third kappa shape index (κ3) is 4.92. The van der Waals surface area contributed by atoms with E-state index in [0.717, 1.165) is 32.6 Å². The van der Waals surface area contributed by atoms with E-state index in [9.17, 15) is 9.90 Å². The molecule has 1 aliphatic heterocycles. The lowest BCUT2D eigenvalue weighted by Crippen LogP contribution is -2.39. The Labute approximate surface area is 95.8 Å². The number of hydrogen-bond donors (Lipinski definition) is 3. The summed E-state index contributed by atoms with van der Waals surface area (Å²) in [4.78, 5) is 10.3. The SMILES string of the molecule is CC1(CNCC(O)CC(=O)O)CCOCC1. The number of carboxylic acid groups (broad SMARTS) is 1. The zero-order valence-corrected chi connectivity index (χ0v) is 9.74. The first-order valence-electron chi connectivity index (χ1n) is 5.70. The van der Waals surface area contributed by atoms with Crippen molar-refractivity contribution in [3.8, 4) is 0 Å². The van der Waals surface area contributed by atoms with Crippen molar-refractivity contribution in [1.82, 2.24) is 5.32 Å². The van der Waals surface area contributed by atoms with E-state index >= 15 is 0 Å². The predicted octanol–water partition coefficient (Wildman–Crippen LogP) is 0.228. The van der Waals surface area contributed by atoms with Gasteiger partial charge < -0.3 is 20.3 Å². The van der Waals surface area contributed by atoms with Gasteiger partial charge >= 0.3 is 5.97 Å². The zero-order valence-electron chi connectivity index (χ0n) is 9.74. The summed E-state index contributed by atoms with van der Waals surface area (Å²) >= 11 is 0. The first kappa shape index (κ1) is 13.4. The second kappa shape index (κ2) is 6.18. The summed E-state index contributed by atoms with van der Waals surface area (Å²) in [5, 5.41) is 21.0. The highest BCUT2D eigenvalue weighted by Crippen LogP contribution is 2.28. The number of nitrogens with one attached hydrogen (secondary N) is 1. The van der Waals surface area contributed by atoms with Gasteiger partial charge in [0.2, 0.25) is 0 Å². The van der Waals surface area contributed by atoms with Crippen LogP contribution >= 0.6 is 0 Å². The van der Waals surface area contributed by atoms with Gasteiger partial charge in [-0.15, -0.1) is 0 Å². The van der Waals surface area contributed by atoms with E-state index in [1.807, 2.05) is 0 Å². The van der Waals surface area contributed by atoms with Crippen molar-refractivity contribution in [2.24, 2.45) is 5.41 Å². The lowest BCUT2D eigenvalue weighted by Gasteiger charge is -2.33. The minimum Gasteiger partial charge on any atom is -0.481 e. The fraction of sp³-hybridized carbons (Fsp3) is 0.909. The molecular formula is C11H21NO4. The average molecular weight is 231 g/mol. The van der Waals surface area contributed by atoms with Gasteiger partial charge in [0.25, 0.3) is 0 Å². The molecule has 1 atom stereocenters. The Hall–Kier alpha value is -0.650. The molecular weight excluding hydrogens is 210 g/mol. The Kier molecular flexibility index (Phi) is 5.18. The van der Waals surface area contributed by atoms with Crippen LogP contribution in [0.25, 0.3) is 0 Å². The first-order valence-corrected chi connectivity index (χ1v) is 5.70. The zero-order chi connectivity index (χ0) is 12.0. The van der Waals surface area contributed by atoms with Crippen LogP contribution in [-0.2, 0) is 9.53 Å². The van der Waals surface area contributed by atoms with Crippen molar-refractivity contribution in [1.29, 1.82) is 0 Å². The number of carboxylic acids is 1. The Bertz CT molecular complexity index is 226. The van der Waals surface area contributed by atoms with Crippen LogP contribution < -0.4 is 5.32 Å². The molecule has 5 nitrogen and oxygen atoms in total. The minimum absolute atomic E-state index is 0.202. The Morgan fingerprint density at radius 2 is 2.12 bits per heavy atom. The van der Waals surface area contributed by atoms with Crippen molar-refractivity contribution >= 4 is 5.97 Å². The molecule has 0 aromatic heterocycles. The molecule has 5 heteroatoms. The van der Waals surface area contributed by atoms with Crippen molar-refractivity contribution < 1.29 is 19.7 Å². The molecule has 0 spiro atoms. The molecule has 0 aromatic rings.